The van der Waals surface area contributed by atoms with Gasteiger partial charge in [-0.2, -0.15) is 0 Å². The van der Waals surface area contributed by atoms with Crippen molar-refractivity contribution in [3.8, 4) is 0 Å². The molecule has 25 heavy (non-hydrogen) atoms. The fourth-order valence-corrected chi connectivity index (χ4v) is 3.32. The number of carbonyl (C=O) groups is 1. The molecule has 128 valence electrons. The minimum absolute atomic E-state index is 0.105. The zero-order valence-electron chi connectivity index (χ0n) is 13.7. The molecule has 0 atom stereocenters. The number of rotatable bonds is 5. The molecule has 2 heterocycles. The highest BCUT2D eigenvalue weighted by Crippen LogP contribution is 2.30. The summed E-state index contributed by atoms with van der Waals surface area (Å²) in [5.74, 6) is 1.54. The van der Waals surface area contributed by atoms with E-state index in [4.69, 9.17) is 4.52 Å². The average Bonchev–Trinajstić information content (AvgIpc) is 3.37. The first-order valence-corrected chi connectivity index (χ1v) is 9.10. The Hall–Kier alpha value is -2.54. The molecule has 7 heteroatoms. The Labute approximate surface area is 148 Å². The first kappa shape index (κ1) is 16.0. The summed E-state index contributed by atoms with van der Waals surface area (Å²) >= 11 is 1.59. The van der Waals surface area contributed by atoms with E-state index in [1.807, 2.05) is 24.3 Å². The van der Waals surface area contributed by atoms with Gasteiger partial charge in [0.2, 0.25) is 5.91 Å². The highest BCUT2D eigenvalue weighted by molar-refractivity contribution is 7.98. The molecule has 0 bridgehead atoms. The lowest BCUT2D eigenvalue weighted by molar-refractivity contribution is -0.117. The SMILES string of the molecule is Cc1cc2nc(CSc3ccc(NC(=O)C4CC4)cc3)cc(=O)n2o1. The molecule has 1 N–H and O–H groups in total. The standard InChI is InChI=1S/C18H17N3O3S/c1-11-8-16-19-14(9-17(22)21(16)24-11)10-25-15-6-4-13(5-7-15)20-18(23)12-2-3-12/h4-9,12H,2-3,10H2,1H3,(H,20,23). The van der Waals surface area contributed by atoms with E-state index in [0.29, 0.717) is 22.9 Å². The fraction of sp³-hybridized carbons (Fsp3) is 0.278. The lowest BCUT2D eigenvalue weighted by Crippen LogP contribution is -2.13. The molecule has 0 unspecified atom stereocenters. The number of carbonyl (C=O) groups excluding carboxylic acids is 1. The Morgan fingerprint density at radius 3 is 2.80 bits per heavy atom. The van der Waals surface area contributed by atoms with Crippen molar-refractivity contribution in [3.63, 3.8) is 0 Å². The van der Waals surface area contributed by atoms with Crippen LogP contribution in [0.5, 0.6) is 0 Å². The third-order valence-electron chi connectivity index (χ3n) is 3.98. The van der Waals surface area contributed by atoms with E-state index in [1.54, 1.807) is 24.8 Å². The maximum Gasteiger partial charge on any atom is 0.287 e. The second-order valence-corrected chi connectivity index (χ2v) is 7.21. The summed E-state index contributed by atoms with van der Waals surface area (Å²) in [4.78, 5) is 29.3. The maximum atomic E-state index is 12.0. The van der Waals surface area contributed by atoms with Crippen LogP contribution in [0.2, 0.25) is 0 Å². The number of anilines is 1. The molecule has 1 fully saturated rings. The molecule has 1 amide bonds. The minimum Gasteiger partial charge on any atom is -0.375 e. The Bertz CT molecular complexity index is 987. The summed E-state index contributed by atoms with van der Waals surface area (Å²) in [6.45, 7) is 1.78. The third-order valence-corrected chi connectivity index (χ3v) is 5.03. The third kappa shape index (κ3) is 3.61. The zero-order valence-corrected chi connectivity index (χ0v) is 14.5. The summed E-state index contributed by atoms with van der Waals surface area (Å²) in [6.07, 6.45) is 1.99. The van der Waals surface area contributed by atoms with E-state index in [2.05, 4.69) is 10.3 Å². The van der Waals surface area contributed by atoms with Gasteiger partial charge in [-0.05, 0) is 44.0 Å². The number of thioether (sulfide) groups is 1. The van der Waals surface area contributed by atoms with Crippen molar-refractivity contribution in [2.75, 3.05) is 5.32 Å². The number of hydrogen-bond acceptors (Lipinski definition) is 5. The minimum atomic E-state index is -0.216. The Morgan fingerprint density at radius 1 is 1.32 bits per heavy atom. The van der Waals surface area contributed by atoms with Gasteiger partial charge in [0.25, 0.3) is 5.56 Å². The molecule has 6 nitrogen and oxygen atoms in total. The van der Waals surface area contributed by atoms with Gasteiger partial charge in [-0.1, -0.05) is 0 Å². The van der Waals surface area contributed by atoms with Gasteiger partial charge in [0.1, 0.15) is 5.76 Å². The van der Waals surface area contributed by atoms with Crippen molar-refractivity contribution in [2.45, 2.75) is 30.4 Å². The van der Waals surface area contributed by atoms with Crippen LogP contribution in [0.3, 0.4) is 0 Å². The average molecular weight is 355 g/mol. The molecular formula is C18H17N3O3S. The molecule has 1 saturated carbocycles. The molecule has 3 aromatic rings. The van der Waals surface area contributed by atoms with Crippen LogP contribution in [0.25, 0.3) is 5.65 Å². The van der Waals surface area contributed by atoms with E-state index in [9.17, 15) is 9.59 Å². The molecular weight excluding hydrogens is 338 g/mol. The number of aromatic nitrogens is 2. The van der Waals surface area contributed by atoms with Gasteiger partial charge >= 0.3 is 0 Å². The van der Waals surface area contributed by atoms with E-state index < -0.39 is 0 Å². The lowest BCUT2D eigenvalue weighted by Gasteiger charge is -2.06. The van der Waals surface area contributed by atoms with Gasteiger partial charge in [0, 0.05) is 34.4 Å². The monoisotopic (exact) mass is 355 g/mol. The molecule has 0 saturated heterocycles. The van der Waals surface area contributed by atoms with Gasteiger partial charge in [0.15, 0.2) is 5.65 Å². The van der Waals surface area contributed by atoms with Gasteiger partial charge in [0.05, 0.1) is 5.69 Å². The first-order chi connectivity index (χ1) is 12.1. The highest BCUT2D eigenvalue weighted by Gasteiger charge is 2.29. The van der Waals surface area contributed by atoms with Crippen molar-refractivity contribution in [1.82, 2.24) is 9.56 Å². The number of aryl methyl sites for hydroxylation is 1. The van der Waals surface area contributed by atoms with Gasteiger partial charge in [-0.25, -0.2) is 4.98 Å². The number of nitrogens with zero attached hydrogens (tertiary/aromatic N) is 2. The molecule has 1 aliphatic carbocycles. The van der Waals surface area contributed by atoms with E-state index in [0.717, 1.165) is 23.4 Å². The molecule has 0 radical (unpaired) electrons. The topological polar surface area (TPSA) is 76.6 Å². The van der Waals surface area contributed by atoms with Gasteiger partial charge < -0.3 is 9.84 Å². The van der Waals surface area contributed by atoms with Crippen LogP contribution in [0.4, 0.5) is 5.69 Å². The van der Waals surface area contributed by atoms with Crippen LogP contribution >= 0.6 is 11.8 Å². The normalized spacial score (nSPS) is 14.0. The number of hydrogen-bond donors (Lipinski definition) is 1. The quantitative estimate of drug-likeness (QED) is 0.711. The zero-order chi connectivity index (χ0) is 17.4. The number of benzene rings is 1. The van der Waals surface area contributed by atoms with Crippen LogP contribution in [0, 0.1) is 12.8 Å². The van der Waals surface area contributed by atoms with Crippen LogP contribution in [-0.2, 0) is 10.5 Å². The maximum absolute atomic E-state index is 12.0. The second kappa shape index (κ2) is 6.40. The fourth-order valence-electron chi connectivity index (χ4n) is 2.53. The molecule has 4 rings (SSSR count). The van der Waals surface area contributed by atoms with Crippen LogP contribution in [0.1, 0.15) is 24.3 Å². The molecule has 0 aliphatic heterocycles. The van der Waals surface area contributed by atoms with Crippen molar-refractivity contribution >= 4 is 29.0 Å². The van der Waals surface area contributed by atoms with Crippen molar-refractivity contribution < 1.29 is 9.32 Å². The lowest BCUT2D eigenvalue weighted by atomic mass is 10.3. The molecule has 2 aromatic heterocycles. The summed E-state index contributed by atoms with van der Waals surface area (Å²) in [5, 5.41) is 2.92. The Balaban J connectivity index is 1.42. The van der Waals surface area contributed by atoms with E-state index in [-0.39, 0.29) is 17.4 Å². The summed E-state index contributed by atoms with van der Waals surface area (Å²) in [6, 6.07) is 10.9. The number of fused-ring (bicyclic) bond motifs is 1. The number of nitrogens with one attached hydrogen (secondary N) is 1. The predicted molar refractivity (Wildman–Crippen MR) is 95.8 cm³/mol. The molecule has 0 spiro atoms. The summed E-state index contributed by atoms with van der Waals surface area (Å²) in [5.41, 5.74) is 1.83. The predicted octanol–water partition coefficient (Wildman–Crippen LogP) is 3.24. The van der Waals surface area contributed by atoms with Gasteiger partial charge in [-0.15, -0.1) is 16.3 Å². The Kier molecular flexibility index (Phi) is 4.09. The van der Waals surface area contributed by atoms with Gasteiger partial charge in [-0.3, -0.25) is 9.59 Å². The first-order valence-electron chi connectivity index (χ1n) is 8.12. The summed E-state index contributed by atoms with van der Waals surface area (Å²) in [7, 11) is 0. The second-order valence-electron chi connectivity index (χ2n) is 6.16. The summed E-state index contributed by atoms with van der Waals surface area (Å²) < 4.78 is 6.48. The highest BCUT2D eigenvalue weighted by atomic mass is 32.2. The van der Waals surface area contributed by atoms with Crippen molar-refractivity contribution in [2.24, 2.45) is 5.92 Å². The molecule has 1 aliphatic rings. The Morgan fingerprint density at radius 2 is 2.08 bits per heavy atom. The van der Waals surface area contributed by atoms with Crippen LogP contribution < -0.4 is 10.9 Å². The smallest absolute Gasteiger partial charge is 0.287 e. The van der Waals surface area contributed by atoms with E-state index >= 15 is 0 Å². The van der Waals surface area contributed by atoms with Crippen molar-refractivity contribution in [1.29, 1.82) is 0 Å². The van der Waals surface area contributed by atoms with Crippen molar-refractivity contribution in [3.05, 3.63) is 58.2 Å². The van der Waals surface area contributed by atoms with E-state index in [1.165, 1.54) is 10.6 Å². The molecule has 1 aromatic carbocycles. The number of amides is 1. The van der Waals surface area contributed by atoms with Crippen LogP contribution in [-0.4, -0.2) is 15.5 Å². The van der Waals surface area contributed by atoms with Crippen LogP contribution in [0.15, 0.2) is 50.6 Å². The largest absolute Gasteiger partial charge is 0.375 e.